The Morgan fingerprint density at radius 3 is 2.94 bits per heavy atom. The number of rotatable bonds is 4. The summed E-state index contributed by atoms with van der Waals surface area (Å²) >= 11 is 5.77. The van der Waals surface area contributed by atoms with Crippen LogP contribution < -0.4 is 9.47 Å². The van der Waals surface area contributed by atoms with Crippen LogP contribution in [0.5, 0.6) is 11.5 Å². The van der Waals surface area contributed by atoms with Crippen molar-refractivity contribution >= 4 is 11.6 Å². The van der Waals surface area contributed by atoms with Gasteiger partial charge < -0.3 is 9.47 Å². The highest BCUT2D eigenvalue weighted by Crippen LogP contribution is 2.41. The highest BCUT2D eigenvalue weighted by Gasteiger charge is 2.32. The number of benzene rings is 1. The van der Waals surface area contributed by atoms with Crippen LogP contribution in [-0.2, 0) is 6.42 Å². The Morgan fingerprint density at radius 1 is 1.47 bits per heavy atom. The van der Waals surface area contributed by atoms with Crippen LogP contribution >= 0.6 is 11.6 Å². The van der Waals surface area contributed by atoms with E-state index in [1.807, 2.05) is 12.1 Å². The maximum absolute atomic E-state index is 5.93. The van der Waals surface area contributed by atoms with E-state index in [0.717, 1.165) is 17.9 Å². The zero-order chi connectivity index (χ0) is 12.5. The Kier molecular flexibility index (Phi) is 3.53. The number of hydrogen-bond acceptors (Lipinski definition) is 2. The molecule has 0 radical (unpaired) electrons. The quantitative estimate of drug-likeness (QED) is 0.764. The van der Waals surface area contributed by atoms with E-state index in [0.29, 0.717) is 18.4 Å². The zero-order valence-corrected chi connectivity index (χ0v) is 11.4. The third-order valence-corrected chi connectivity index (χ3v) is 3.37. The van der Waals surface area contributed by atoms with E-state index >= 15 is 0 Å². The molecule has 17 heavy (non-hydrogen) atoms. The number of fused-ring (bicyclic) bond motifs is 1. The third-order valence-electron chi connectivity index (χ3n) is 2.84. The van der Waals surface area contributed by atoms with Gasteiger partial charge in [-0.3, -0.25) is 0 Å². The van der Waals surface area contributed by atoms with Crippen LogP contribution in [0.2, 0.25) is 0 Å². The van der Waals surface area contributed by atoms with E-state index in [-0.39, 0.29) is 5.60 Å². The van der Waals surface area contributed by atoms with E-state index in [4.69, 9.17) is 21.1 Å². The van der Waals surface area contributed by atoms with Crippen molar-refractivity contribution in [3.63, 3.8) is 0 Å². The van der Waals surface area contributed by atoms with Gasteiger partial charge in [-0.2, -0.15) is 0 Å². The summed E-state index contributed by atoms with van der Waals surface area (Å²) in [6, 6.07) is 6.08. The lowest BCUT2D eigenvalue weighted by atomic mass is 10.0. The molecule has 1 aromatic carbocycles. The molecule has 0 saturated carbocycles. The third kappa shape index (κ3) is 2.86. The summed E-state index contributed by atoms with van der Waals surface area (Å²) in [5.41, 5.74) is 1.10. The van der Waals surface area contributed by atoms with Crippen molar-refractivity contribution < 1.29 is 9.47 Å². The molecule has 0 aromatic heterocycles. The van der Waals surface area contributed by atoms with Gasteiger partial charge in [0.2, 0.25) is 0 Å². The summed E-state index contributed by atoms with van der Waals surface area (Å²) in [5, 5.41) is 0. The molecule has 0 aliphatic carbocycles. The molecular formula is C14H19ClO2. The normalized spacial score (nSPS) is 18.4. The topological polar surface area (TPSA) is 18.5 Å². The van der Waals surface area contributed by atoms with E-state index in [9.17, 15) is 0 Å². The second-order valence-corrected chi connectivity index (χ2v) is 5.66. The van der Waals surface area contributed by atoms with Crippen molar-refractivity contribution in [1.29, 1.82) is 0 Å². The predicted octanol–water partition coefficient (Wildman–Crippen LogP) is 3.65. The van der Waals surface area contributed by atoms with Gasteiger partial charge in [-0.25, -0.2) is 0 Å². The lowest BCUT2D eigenvalue weighted by Crippen LogP contribution is -2.24. The summed E-state index contributed by atoms with van der Waals surface area (Å²) in [5.74, 6) is 2.70. The lowest BCUT2D eigenvalue weighted by molar-refractivity contribution is 0.131. The van der Waals surface area contributed by atoms with Gasteiger partial charge in [0.25, 0.3) is 0 Å². The first kappa shape index (κ1) is 12.6. The Morgan fingerprint density at radius 2 is 2.24 bits per heavy atom. The van der Waals surface area contributed by atoms with Crippen LogP contribution in [0.1, 0.15) is 26.3 Å². The molecule has 1 heterocycles. The average molecular weight is 255 g/mol. The average Bonchev–Trinajstić information content (AvgIpc) is 2.60. The van der Waals surface area contributed by atoms with Gasteiger partial charge in [0.05, 0.1) is 6.61 Å². The maximum atomic E-state index is 5.93. The molecule has 1 aromatic rings. The minimum atomic E-state index is -0.125. The SMILES string of the molecule is CC(CCl)COc1cccc2c1OC(C)(C)C2. The first-order chi connectivity index (χ1) is 8.02. The fourth-order valence-corrected chi connectivity index (χ4v) is 2.07. The molecule has 0 fully saturated rings. The largest absolute Gasteiger partial charge is 0.489 e. The highest BCUT2D eigenvalue weighted by atomic mass is 35.5. The molecule has 1 unspecified atom stereocenters. The molecule has 94 valence electrons. The molecule has 2 nitrogen and oxygen atoms in total. The zero-order valence-electron chi connectivity index (χ0n) is 10.6. The molecule has 0 bridgehead atoms. The molecule has 0 N–H and O–H groups in total. The van der Waals surface area contributed by atoms with E-state index in [2.05, 4.69) is 26.8 Å². The second kappa shape index (κ2) is 4.77. The van der Waals surface area contributed by atoms with Crippen molar-refractivity contribution in [1.82, 2.24) is 0 Å². The van der Waals surface area contributed by atoms with Crippen molar-refractivity contribution in [3.8, 4) is 11.5 Å². The number of alkyl halides is 1. The molecule has 0 saturated heterocycles. The van der Waals surface area contributed by atoms with Gasteiger partial charge in [0.15, 0.2) is 11.5 Å². The van der Waals surface area contributed by atoms with Crippen LogP contribution in [0.4, 0.5) is 0 Å². The highest BCUT2D eigenvalue weighted by molar-refractivity contribution is 6.18. The fourth-order valence-electron chi connectivity index (χ4n) is 1.98. The smallest absolute Gasteiger partial charge is 0.165 e. The molecule has 0 spiro atoms. The number of para-hydroxylation sites is 1. The van der Waals surface area contributed by atoms with Gasteiger partial charge in [0.1, 0.15) is 5.60 Å². The van der Waals surface area contributed by atoms with Crippen LogP contribution in [0.15, 0.2) is 18.2 Å². The molecule has 2 rings (SSSR count). The summed E-state index contributed by atoms with van der Waals surface area (Å²) in [4.78, 5) is 0. The summed E-state index contributed by atoms with van der Waals surface area (Å²) in [7, 11) is 0. The maximum Gasteiger partial charge on any atom is 0.165 e. The Hall–Kier alpha value is -0.890. The monoisotopic (exact) mass is 254 g/mol. The van der Waals surface area contributed by atoms with Crippen molar-refractivity contribution in [2.75, 3.05) is 12.5 Å². The standard InChI is InChI=1S/C14H19ClO2/c1-10(8-15)9-16-12-6-4-5-11-7-14(2,3)17-13(11)12/h4-6,10H,7-9H2,1-3H3. The Bertz CT molecular complexity index is 401. The van der Waals surface area contributed by atoms with Gasteiger partial charge in [-0.05, 0) is 19.9 Å². The van der Waals surface area contributed by atoms with Gasteiger partial charge in [-0.15, -0.1) is 11.6 Å². The first-order valence-corrected chi connectivity index (χ1v) is 6.55. The van der Waals surface area contributed by atoms with Crippen LogP contribution in [0, 0.1) is 5.92 Å². The van der Waals surface area contributed by atoms with Crippen molar-refractivity contribution in [2.45, 2.75) is 32.8 Å². The minimum Gasteiger partial charge on any atom is -0.489 e. The van der Waals surface area contributed by atoms with Crippen molar-refractivity contribution in [2.24, 2.45) is 5.92 Å². The summed E-state index contributed by atoms with van der Waals surface area (Å²) in [6.45, 7) is 6.89. The fraction of sp³-hybridized carbons (Fsp3) is 0.571. The Balaban J connectivity index is 2.13. The van der Waals surface area contributed by atoms with Crippen molar-refractivity contribution in [3.05, 3.63) is 23.8 Å². The number of ether oxygens (including phenoxy) is 2. The molecule has 0 amide bonds. The van der Waals surface area contributed by atoms with Gasteiger partial charge in [-0.1, -0.05) is 19.1 Å². The van der Waals surface area contributed by atoms with Crippen LogP contribution in [0.25, 0.3) is 0 Å². The lowest BCUT2D eigenvalue weighted by Gasteiger charge is -2.18. The first-order valence-electron chi connectivity index (χ1n) is 6.01. The van der Waals surface area contributed by atoms with Crippen LogP contribution in [-0.4, -0.2) is 18.1 Å². The second-order valence-electron chi connectivity index (χ2n) is 5.35. The summed E-state index contributed by atoms with van der Waals surface area (Å²) in [6.07, 6.45) is 0.935. The van der Waals surface area contributed by atoms with Crippen LogP contribution in [0.3, 0.4) is 0 Å². The van der Waals surface area contributed by atoms with E-state index in [1.54, 1.807) is 0 Å². The molecular weight excluding hydrogens is 236 g/mol. The molecule has 1 aliphatic heterocycles. The Labute approximate surface area is 108 Å². The minimum absolute atomic E-state index is 0.125. The number of hydrogen-bond donors (Lipinski definition) is 0. The molecule has 1 atom stereocenters. The molecule has 3 heteroatoms. The predicted molar refractivity (Wildman–Crippen MR) is 70.2 cm³/mol. The van der Waals surface area contributed by atoms with Gasteiger partial charge >= 0.3 is 0 Å². The summed E-state index contributed by atoms with van der Waals surface area (Å²) < 4.78 is 11.7. The van der Waals surface area contributed by atoms with E-state index in [1.165, 1.54) is 5.56 Å². The number of halogens is 1. The van der Waals surface area contributed by atoms with Gasteiger partial charge in [0, 0.05) is 23.8 Å². The van der Waals surface area contributed by atoms with E-state index < -0.39 is 0 Å². The molecule has 1 aliphatic rings.